The van der Waals surface area contributed by atoms with E-state index in [4.69, 9.17) is 0 Å². The molecule has 0 bridgehead atoms. The van der Waals surface area contributed by atoms with Crippen molar-refractivity contribution < 1.29 is 4.79 Å². The van der Waals surface area contributed by atoms with Crippen LogP contribution >= 0.6 is 0 Å². The fourth-order valence-corrected chi connectivity index (χ4v) is 1.59. The molecule has 0 N–H and O–H groups in total. The SMILES string of the molecule is CN1CCN(c2cnc(C=O)cn2)CC1. The normalized spacial score (nSPS) is 17.8. The molecular formula is C10H14N4O. The van der Waals surface area contributed by atoms with Crippen LogP contribution in [0.25, 0.3) is 0 Å². The van der Waals surface area contributed by atoms with E-state index in [2.05, 4.69) is 26.8 Å². The van der Waals surface area contributed by atoms with Gasteiger partial charge in [-0.05, 0) is 7.05 Å². The highest BCUT2D eigenvalue weighted by Crippen LogP contribution is 2.10. The Balaban J connectivity index is 2.06. The molecule has 5 nitrogen and oxygen atoms in total. The van der Waals surface area contributed by atoms with Crippen LogP contribution in [0, 0.1) is 0 Å². The summed E-state index contributed by atoms with van der Waals surface area (Å²) in [5.41, 5.74) is 0.382. The molecule has 15 heavy (non-hydrogen) atoms. The number of aldehydes is 1. The monoisotopic (exact) mass is 206 g/mol. The minimum atomic E-state index is 0.382. The maximum atomic E-state index is 10.4. The van der Waals surface area contributed by atoms with E-state index in [0.717, 1.165) is 32.0 Å². The summed E-state index contributed by atoms with van der Waals surface area (Å²) in [4.78, 5) is 23.1. The molecule has 80 valence electrons. The molecule has 0 aromatic carbocycles. The Kier molecular flexibility index (Phi) is 2.91. The molecule has 2 heterocycles. The maximum Gasteiger partial charge on any atom is 0.170 e. The summed E-state index contributed by atoms with van der Waals surface area (Å²) >= 11 is 0. The largest absolute Gasteiger partial charge is 0.353 e. The van der Waals surface area contributed by atoms with Gasteiger partial charge in [0.2, 0.25) is 0 Å². The van der Waals surface area contributed by atoms with Gasteiger partial charge in [-0.15, -0.1) is 0 Å². The van der Waals surface area contributed by atoms with Gasteiger partial charge in [-0.2, -0.15) is 0 Å². The van der Waals surface area contributed by atoms with Crippen molar-refractivity contribution in [3.63, 3.8) is 0 Å². The lowest BCUT2D eigenvalue weighted by Crippen LogP contribution is -2.44. The Morgan fingerprint density at radius 3 is 2.47 bits per heavy atom. The number of hydrogen-bond acceptors (Lipinski definition) is 5. The molecule has 0 saturated carbocycles. The van der Waals surface area contributed by atoms with Crippen LogP contribution in [0.1, 0.15) is 10.5 Å². The molecular weight excluding hydrogens is 192 g/mol. The number of nitrogens with zero attached hydrogens (tertiary/aromatic N) is 4. The van der Waals surface area contributed by atoms with Gasteiger partial charge in [-0.1, -0.05) is 0 Å². The first-order chi connectivity index (χ1) is 7.29. The lowest BCUT2D eigenvalue weighted by molar-refractivity contribution is 0.111. The minimum absolute atomic E-state index is 0.382. The van der Waals surface area contributed by atoms with E-state index >= 15 is 0 Å². The highest BCUT2D eigenvalue weighted by molar-refractivity contribution is 5.71. The van der Waals surface area contributed by atoms with Gasteiger partial charge < -0.3 is 9.80 Å². The maximum absolute atomic E-state index is 10.4. The zero-order valence-corrected chi connectivity index (χ0v) is 8.76. The molecule has 0 aliphatic carbocycles. The molecule has 0 radical (unpaired) electrons. The zero-order valence-electron chi connectivity index (χ0n) is 8.76. The minimum Gasteiger partial charge on any atom is -0.353 e. The second kappa shape index (κ2) is 4.35. The van der Waals surface area contributed by atoms with E-state index in [1.54, 1.807) is 6.20 Å². The summed E-state index contributed by atoms with van der Waals surface area (Å²) in [5.74, 6) is 0.855. The molecule has 1 saturated heterocycles. The van der Waals surface area contributed by atoms with E-state index in [-0.39, 0.29) is 0 Å². The topological polar surface area (TPSA) is 49.3 Å². The Morgan fingerprint density at radius 2 is 1.93 bits per heavy atom. The highest BCUT2D eigenvalue weighted by atomic mass is 16.1. The van der Waals surface area contributed by atoms with Crippen LogP contribution in [0.5, 0.6) is 0 Å². The first kappa shape index (κ1) is 10.0. The number of aromatic nitrogens is 2. The Bertz CT molecular complexity index is 330. The van der Waals surface area contributed by atoms with Gasteiger partial charge in [0.1, 0.15) is 11.5 Å². The highest BCUT2D eigenvalue weighted by Gasteiger charge is 2.15. The molecule has 5 heteroatoms. The number of piperazine rings is 1. The molecule has 1 fully saturated rings. The Morgan fingerprint density at radius 1 is 1.20 bits per heavy atom. The fraction of sp³-hybridized carbons (Fsp3) is 0.500. The third-order valence-corrected chi connectivity index (χ3v) is 2.61. The number of likely N-dealkylation sites (N-methyl/N-ethyl adjacent to an activating group) is 1. The van der Waals surface area contributed by atoms with Crippen molar-refractivity contribution in [2.75, 3.05) is 38.1 Å². The summed E-state index contributed by atoms with van der Waals surface area (Å²) in [6.45, 7) is 4.01. The third kappa shape index (κ3) is 2.30. The summed E-state index contributed by atoms with van der Waals surface area (Å²) in [6.07, 6.45) is 3.89. The van der Waals surface area contributed by atoms with Gasteiger partial charge >= 0.3 is 0 Å². The summed E-state index contributed by atoms with van der Waals surface area (Å²) in [5, 5.41) is 0. The van der Waals surface area contributed by atoms with Gasteiger partial charge in [0.15, 0.2) is 6.29 Å². The Hall–Kier alpha value is -1.49. The van der Waals surface area contributed by atoms with Crippen LogP contribution < -0.4 is 4.90 Å². The number of carbonyl (C=O) groups excluding carboxylic acids is 1. The van der Waals surface area contributed by atoms with Crippen LogP contribution in [0.2, 0.25) is 0 Å². The van der Waals surface area contributed by atoms with Gasteiger partial charge in [-0.3, -0.25) is 4.79 Å². The van der Waals surface area contributed by atoms with Crippen molar-refractivity contribution in [2.24, 2.45) is 0 Å². The fourth-order valence-electron chi connectivity index (χ4n) is 1.59. The van der Waals surface area contributed by atoms with Crippen LogP contribution in [-0.2, 0) is 0 Å². The summed E-state index contributed by atoms with van der Waals surface area (Å²) in [6, 6.07) is 0. The lowest BCUT2D eigenvalue weighted by Gasteiger charge is -2.32. The van der Waals surface area contributed by atoms with E-state index in [0.29, 0.717) is 12.0 Å². The predicted molar refractivity (Wildman–Crippen MR) is 57.1 cm³/mol. The molecule has 1 aromatic rings. The third-order valence-electron chi connectivity index (χ3n) is 2.61. The first-order valence-corrected chi connectivity index (χ1v) is 5.00. The van der Waals surface area contributed by atoms with E-state index < -0.39 is 0 Å². The smallest absolute Gasteiger partial charge is 0.170 e. The number of hydrogen-bond donors (Lipinski definition) is 0. The van der Waals surface area contributed by atoms with Gasteiger partial charge in [0, 0.05) is 26.2 Å². The molecule has 0 unspecified atom stereocenters. The van der Waals surface area contributed by atoms with Gasteiger partial charge in [0.05, 0.1) is 12.4 Å². The van der Waals surface area contributed by atoms with Crippen molar-refractivity contribution in [1.82, 2.24) is 14.9 Å². The van der Waals surface area contributed by atoms with E-state index in [1.807, 2.05) is 0 Å². The molecule has 0 atom stereocenters. The van der Waals surface area contributed by atoms with Crippen molar-refractivity contribution in [2.45, 2.75) is 0 Å². The predicted octanol–water partition coefficient (Wildman–Crippen LogP) is 0.0409. The second-order valence-electron chi connectivity index (χ2n) is 3.71. The van der Waals surface area contributed by atoms with Crippen LogP contribution in [0.4, 0.5) is 5.82 Å². The second-order valence-corrected chi connectivity index (χ2v) is 3.71. The number of anilines is 1. The lowest BCUT2D eigenvalue weighted by atomic mass is 10.3. The molecule has 0 spiro atoms. The van der Waals surface area contributed by atoms with Crippen LogP contribution in [0.3, 0.4) is 0 Å². The summed E-state index contributed by atoms with van der Waals surface area (Å²) in [7, 11) is 2.11. The van der Waals surface area contributed by atoms with Crippen molar-refractivity contribution in [3.8, 4) is 0 Å². The number of carbonyl (C=O) groups is 1. The van der Waals surface area contributed by atoms with Crippen molar-refractivity contribution >= 4 is 12.1 Å². The van der Waals surface area contributed by atoms with Gasteiger partial charge in [0.25, 0.3) is 0 Å². The first-order valence-electron chi connectivity index (χ1n) is 5.00. The van der Waals surface area contributed by atoms with Crippen LogP contribution in [0.15, 0.2) is 12.4 Å². The van der Waals surface area contributed by atoms with Crippen molar-refractivity contribution in [3.05, 3.63) is 18.1 Å². The van der Waals surface area contributed by atoms with Crippen LogP contribution in [-0.4, -0.2) is 54.4 Å². The molecule has 1 aliphatic rings. The molecule has 1 aromatic heterocycles. The Labute approximate surface area is 88.7 Å². The average Bonchev–Trinajstić information content (AvgIpc) is 2.30. The standard InChI is InChI=1S/C10H14N4O/c1-13-2-4-14(5-3-13)10-7-11-9(8-15)6-12-10/h6-8H,2-5H2,1H3. The zero-order chi connectivity index (χ0) is 10.7. The van der Waals surface area contributed by atoms with E-state index in [1.165, 1.54) is 6.20 Å². The molecule has 1 aliphatic heterocycles. The molecule has 2 rings (SSSR count). The van der Waals surface area contributed by atoms with Crippen molar-refractivity contribution in [1.29, 1.82) is 0 Å². The van der Waals surface area contributed by atoms with E-state index in [9.17, 15) is 4.79 Å². The van der Waals surface area contributed by atoms with Gasteiger partial charge in [-0.25, -0.2) is 9.97 Å². The number of rotatable bonds is 2. The quantitative estimate of drug-likeness (QED) is 0.639. The summed E-state index contributed by atoms with van der Waals surface area (Å²) < 4.78 is 0. The molecule has 0 amide bonds. The average molecular weight is 206 g/mol.